The van der Waals surface area contributed by atoms with Crippen molar-refractivity contribution in [2.75, 3.05) is 29.4 Å². The van der Waals surface area contributed by atoms with Crippen molar-refractivity contribution in [3.8, 4) is 0 Å². The van der Waals surface area contributed by atoms with E-state index in [0.717, 1.165) is 55.1 Å². The van der Waals surface area contributed by atoms with E-state index in [9.17, 15) is 17.6 Å². The minimum Gasteiger partial charge on any atom is -0.380 e. The zero-order valence-corrected chi connectivity index (χ0v) is 20.4. The van der Waals surface area contributed by atoms with Crippen LogP contribution in [-0.4, -0.2) is 44.4 Å². The predicted molar refractivity (Wildman–Crippen MR) is 129 cm³/mol. The fourth-order valence-electron chi connectivity index (χ4n) is 3.57. The summed E-state index contributed by atoms with van der Waals surface area (Å²) in [6.07, 6.45) is 2.14. The Labute approximate surface area is 205 Å². The van der Waals surface area contributed by atoms with Crippen LogP contribution in [0.25, 0.3) is 0 Å². The second-order valence-electron chi connectivity index (χ2n) is 7.61. The van der Waals surface area contributed by atoms with E-state index in [1.165, 1.54) is 22.9 Å². The number of anilines is 2. The van der Waals surface area contributed by atoms with Gasteiger partial charge in [0.1, 0.15) is 10.7 Å². The molecule has 0 aliphatic carbocycles. The molecule has 1 aromatic heterocycles. The number of likely N-dealkylation sites (tertiary alicyclic amines) is 1. The summed E-state index contributed by atoms with van der Waals surface area (Å²) in [6.45, 7) is 3.55. The first-order valence-corrected chi connectivity index (χ1v) is 13.2. The Morgan fingerprint density at radius 3 is 2.68 bits per heavy atom. The number of benzene rings is 2. The van der Waals surface area contributed by atoms with Crippen LogP contribution in [0.15, 0.2) is 52.2 Å². The number of halogens is 2. The molecule has 1 fully saturated rings. The van der Waals surface area contributed by atoms with Gasteiger partial charge in [0.2, 0.25) is 0 Å². The lowest BCUT2D eigenvalue weighted by Crippen LogP contribution is -2.38. The van der Waals surface area contributed by atoms with Crippen molar-refractivity contribution in [1.29, 1.82) is 0 Å². The van der Waals surface area contributed by atoms with Crippen LogP contribution in [0, 0.1) is 5.82 Å². The lowest BCUT2D eigenvalue weighted by molar-refractivity contribution is -0.128. The van der Waals surface area contributed by atoms with Crippen molar-refractivity contribution >= 4 is 50.9 Å². The Kier molecular flexibility index (Phi) is 7.67. The first-order chi connectivity index (χ1) is 16.4. The summed E-state index contributed by atoms with van der Waals surface area (Å²) in [5, 5.41) is 4.44. The van der Waals surface area contributed by atoms with E-state index < -0.39 is 20.7 Å². The largest absolute Gasteiger partial charge is 0.380 e. The maximum atomic E-state index is 15.0. The molecule has 0 spiro atoms. The second kappa shape index (κ2) is 10.7. The average Bonchev–Trinajstić information content (AvgIpc) is 3.31. The van der Waals surface area contributed by atoms with E-state index in [1.54, 1.807) is 0 Å². The summed E-state index contributed by atoms with van der Waals surface area (Å²) in [7, 11) is -4.61. The Morgan fingerprint density at radius 1 is 1.26 bits per heavy atom. The number of sulfonamides is 1. The topological polar surface area (TPSA) is 91.8 Å². The van der Waals surface area contributed by atoms with Gasteiger partial charge in [-0.15, -0.1) is 11.3 Å². The maximum absolute atomic E-state index is 15.0. The number of carbonyl (C=O) groups is 1. The van der Waals surface area contributed by atoms with Gasteiger partial charge in [-0.1, -0.05) is 40.3 Å². The highest BCUT2D eigenvalue weighted by molar-refractivity contribution is 7.92. The van der Waals surface area contributed by atoms with Crippen molar-refractivity contribution in [2.45, 2.75) is 24.3 Å². The van der Waals surface area contributed by atoms with Crippen molar-refractivity contribution in [2.24, 2.45) is 0 Å². The Balaban J connectivity index is 1.53. The molecule has 2 aromatic carbocycles. The van der Waals surface area contributed by atoms with E-state index in [4.69, 9.17) is 11.6 Å². The van der Waals surface area contributed by atoms with Crippen LogP contribution < -0.4 is 9.79 Å². The van der Waals surface area contributed by atoms with Crippen LogP contribution in [0.5, 0.6) is 0 Å². The number of hydrogen-bond acceptors (Lipinski definition) is 8. The molecule has 0 radical (unpaired) electrons. The highest BCUT2D eigenvalue weighted by Crippen LogP contribution is 2.32. The fraction of sp³-hybridized carbons (Fsp3) is 0.273. The van der Waals surface area contributed by atoms with Gasteiger partial charge in [0.15, 0.2) is 5.82 Å². The molecule has 1 saturated heterocycles. The van der Waals surface area contributed by atoms with Crippen molar-refractivity contribution in [3.05, 3.63) is 69.3 Å². The average molecular weight is 525 g/mol. The molecule has 12 heteroatoms. The van der Waals surface area contributed by atoms with Gasteiger partial charge in [0, 0.05) is 18.5 Å². The highest BCUT2D eigenvalue weighted by atomic mass is 35.5. The zero-order chi connectivity index (χ0) is 24.1. The third-order valence-corrected chi connectivity index (χ3v) is 7.96. The number of aromatic nitrogens is 1. The lowest BCUT2D eigenvalue weighted by Gasteiger charge is -2.30. The van der Waals surface area contributed by atoms with E-state index in [0.29, 0.717) is 6.54 Å². The zero-order valence-electron chi connectivity index (χ0n) is 18.0. The summed E-state index contributed by atoms with van der Waals surface area (Å²) < 4.78 is 41.2. The first kappa shape index (κ1) is 24.4. The number of hydrogen-bond donors (Lipinski definition) is 1. The quantitative estimate of drug-likeness (QED) is 0.298. The smallest absolute Gasteiger partial charge is 0.322 e. The van der Waals surface area contributed by atoms with Crippen LogP contribution >= 0.6 is 22.9 Å². The van der Waals surface area contributed by atoms with Crippen molar-refractivity contribution in [1.82, 2.24) is 9.88 Å². The minimum atomic E-state index is -4.61. The van der Waals surface area contributed by atoms with Crippen LogP contribution in [-0.2, 0) is 32.6 Å². The molecule has 0 atom stereocenters. The SMILES string of the molecule is O=CON(c1cscn1)S(=O)(=O)c1cc(Cl)c(NCc2ccccc2CCN2CCC2)cc1F. The third kappa shape index (κ3) is 5.33. The molecule has 1 N–H and O–H groups in total. The van der Waals surface area contributed by atoms with E-state index >= 15 is 0 Å². The van der Waals surface area contributed by atoms with Gasteiger partial charge >= 0.3 is 6.47 Å². The predicted octanol–water partition coefficient (Wildman–Crippen LogP) is 4.08. The Bertz CT molecular complexity index is 1250. The highest BCUT2D eigenvalue weighted by Gasteiger charge is 2.32. The van der Waals surface area contributed by atoms with Gasteiger partial charge in [0.25, 0.3) is 10.0 Å². The monoisotopic (exact) mass is 524 g/mol. The first-order valence-electron chi connectivity index (χ1n) is 10.5. The molecule has 4 rings (SSSR count). The van der Waals surface area contributed by atoms with E-state index in [1.807, 2.05) is 18.2 Å². The normalized spacial score (nSPS) is 13.8. The van der Waals surface area contributed by atoms with E-state index in [-0.39, 0.29) is 27.5 Å². The number of nitrogens with zero attached hydrogens (tertiary/aromatic N) is 3. The fourth-order valence-corrected chi connectivity index (χ4v) is 5.68. The van der Waals surface area contributed by atoms with Gasteiger partial charge in [-0.3, -0.25) is 4.79 Å². The molecule has 0 unspecified atom stereocenters. The molecule has 0 bridgehead atoms. The number of rotatable bonds is 11. The van der Waals surface area contributed by atoms with Crippen LogP contribution in [0.2, 0.25) is 5.02 Å². The van der Waals surface area contributed by atoms with Gasteiger partial charge in [0.05, 0.1) is 16.2 Å². The summed E-state index contributed by atoms with van der Waals surface area (Å²) in [4.78, 5) is 20.9. The van der Waals surface area contributed by atoms with E-state index in [2.05, 4.69) is 26.1 Å². The van der Waals surface area contributed by atoms with Crippen molar-refractivity contribution in [3.63, 3.8) is 0 Å². The summed E-state index contributed by atoms with van der Waals surface area (Å²) in [5.74, 6) is -1.22. The summed E-state index contributed by atoms with van der Waals surface area (Å²) >= 11 is 7.39. The van der Waals surface area contributed by atoms with Gasteiger partial charge in [-0.05, 0) is 49.2 Å². The molecule has 1 aliphatic rings. The minimum absolute atomic E-state index is 0.00219. The number of nitrogens with one attached hydrogen (secondary N) is 1. The van der Waals surface area contributed by atoms with Crippen molar-refractivity contribution < 1.29 is 22.4 Å². The van der Waals surface area contributed by atoms with Crippen LogP contribution in [0.3, 0.4) is 0 Å². The molecule has 0 amide bonds. The molecule has 3 aromatic rings. The Hall–Kier alpha value is -2.73. The summed E-state index contributed by atoms with van der Waals surface area (Å²) in [6, 6.07) is 9.97. The standard InChI is InChI=1S/C22H22ClFN4O4S2/c23-18-10-21(34(30,31)28(32-15-29)22-13-33-14-26-22)19(24)11-20(18)25-12-17-5-2-1-4-16(17)6-9-27-7-3-8-27/h1-2,4-5,10-11,13-15,25H,3,6-9,12H2. The third-order valence-electron chi connectivity index (χ3n) is 5.50. The van der Waals surface area contributed by atoms with Crippen LogP contribution in [0.1, 0.15) is 17.5 Å². The number of carbonyl (C=O) groups excluding carboxylic acids is 1. The lowest BCUT2D eigenvalue weighted by atomic mass is 10.0. The molecule has 8 nitrogen and oxygen atoms in total. The second-order valence-corrected chi connectivity index (χ2v) is 10.5. The molecular weight excluding hydrogens is 503 g/mol. The molecule has 180 valence electrons. The number of thiazole rings is 1. The molecule has 2 heterocycles. The van der Waals surface area contributed by atoms with Crippen LogP contribution in [0.4, 0.5) is 15.9 Å². The Morgan fingerprint density at radius 2 is 2.03 bits per heavy atom. The van der Waals surface area contributed by atoms with Gasteiger partial charge < -0.3 is 15.1 Å². The molecule has 34 heavy (non-hydrogen) atoms. The van der Waals surface area contributed by atoms with Gasteiger partial charge in [-0.2, -0.15) is 8.42 Å². The molecule has 1 aliphatic heterocycles. The van der Waals surface area contributed by atoms with Gasteiger partial charge in [-0.25, -0.2) is 9.37 Å². The summed E-state index contributed by atoms with van der Waals surface area (Å²) in [5.41, 5.74) is 3.82. The molecular formula is C22H22ClFN4O4S2. The molecule has 0 saturated carbocycles. The maximum Gasteiger partial charge on any atom is 0.322 e.